The van der Waals surface area contributed by atoms with E-state index in [4.69, 9.17) is 0 Å². The first-order valence-corrected chi connectivity index (χ1v) is 6.44. The van der Waals surface area contributed by atoms with Gasteiger partial charge < -0.3 is 16.0 Å². The summed E-state index contributed by atoms with van der Waals surface area (Å²) in [6.07, 6.45) is 3.87. The van der Waals surface area contributed by atoms with Crippen molar-refractivity contribution in [1.82, 2.24) is 16.0 Å². The van der Waals surface area contributed by atoms with E-state index in [1.807, 2.05) is 6.92 Å². The van der Waals surface area contributed by atoms with Crippen LogP contribution in [0, 0.1) is 0 Å². The van der Waals surface area contributed by atoms with Gasteiger partial charge >= 0.3 is 0 Å². The van der Waals surface area contributed by atoms with Gasteiger partial charge in [0.25, 0.3) is 0 Å². The highest BCUT2D eigenvalue weighted by atomic mass is 16.2. The maximum absolute atomic E-state index is 11.7. The summed E-state index contributed by atoms with van der Waals surface area (Å²) in [7, 11) is 0. The maximum atomic E-state index is 11.7. The molecule has 1 heterocycles. The third-order valence-corrected chi connectivity index (χ3v) is 2.97. The predicted octanol–water partition coefficient (Wildman–Crippen LogP) is 0.159. The molecule has 0 radical (unpaired) electrons. The summed E-state index contributed by atoms with van der Waals surface area (Å²) in [6, 6.07) is -0.184. The lowest BCUT2D eigenvalue weighted by molar-refractivity contribution is -0.128. The SMILES string of the molecule is CCNC(=O)C(C)NC(=O)CC1CCCCN1. The summed E-state index contributed by atoms with van der Waals surface area (Å²) in [5.74, 6) is -0.180. The molecule has 5 heteroatoms. The van der Waals surface area contributed by atoms with Crippen molar-refractivity contribution in [3.05, 3.63) is 0 Å². The number of carbonyl (C=O) groups is 2. The third kappa shape index (κ3) is 5.17. The second kappa shape index (κ2) is 7.27. The van der Waals surface area contributed by atoms with Crippen LogP contribution >= 0.6 is 0 Å². The molecule has 2 atom stereocenters. The number of nitrogens with one attached hydrogen (secondary N) is 3. The third-order valence-electron chi connectivity index (χ3n) is 2.97. The minimum atomic E-state index is -0.453. The highest BCUT2D eigenvalue weighted by Gasteiger charge is 2.19. The van der Waals surface area contributed by atoms with Crippen molar-refractivity contribution >= 4 is 11.8 Å². The van der Waals surface area contributed by atoms with Gasteiger partial charge in [0.15, 0.2) is 0 Å². The number of piperidine rings is 1. The Hall–Kier alpha value is -1.10. The summed E-state index contributed by atoms with van der Waals surface area (Å²) in [4.78, 5) is 23.1. The molecular weight excluding hydrogens is 218 g/mol. The van der Waals surface area contributed by atoms with E-state index in [1.165, 1.54) is 12.8 Å². The van der Waals surface area contributed by atoms with E-state index in [0.717, 1.165) is 13.0 Å². The molecule has 0 aromatic rings. The molecule has 2 amide bonds. The first-order chi connectivity index (χ1) is 8.13. The zero-order chi connectivity index (χ0) is 12.7. The summed E-state index contributed by atoms with van der Waals surface area (Å²) in [5, 5.41) is 8.72. The van der Waals surface area contributed by atoms with Gasteiger partial charge in [-0.15, -0.1) is 0 Å². The van der Waals surface area contributed by atoms with Crippen LogP contribution in [-0.2, 0) is 9.59 Å². The minimum Gasteiger partial charge on any atom is -0.355 e. The fourth-order valence-electron chi connectivity index (χ4n) is 2.02. The standard InChI is InChI=1S/C12H23N3O2/c1-3-13-12(17)9(2)15-11(16)8-10-6-4-5-7-14-10/h9-10,14H,3-8H2,1-2H3,(H,13,17)(H,15,16). The molecule has 0 aliphatic carbocycles. The number of amides is 2. The molecule has 0 spiro atoms. The molecule has 0 aromatic carbocycles. The van der Waals surface area contributed by atoms with Gasteiger partial charge in [0.05, 0.1) is 0 Å². The smallest absolute Gasteiger partial charge is 0.242 e. The topological polar surface area (TPSA) is 70.2 Å². The Morgan fingerprint density at radius 3 is 2.76 bits per heavy atom. The first kappa shape index (κ1) is 14.0. The Labute approximate surface area is 103 Å². The lowest BCUT2D eigenvalue weighted by Crippen LogP contribution is -2.47. The lowest BCUT2D eigenvalue weighted by Gasteiger charge is -2.23. The van der Waals surface area contributed by atoms with E-state index in [1.54, 1.807) is 6.92 Å². The van der Waals surface area contributed by atoms with Gasteiger partial charge in [0.2, 0.25) is 11.8 Å². The molecule has 1 aliphatic heterocycles. The minimum absolute atomic E-state index is 0.0526. The van der Waals surface area contributed by atoms with Gasteiger partial charge in [-0.2, -0.15) is 0 Å². The monoisotopic (exact) mass is 241 g/mol. The number of carbonyl (C=O) groups excluding carboxylic acids is 2. The van der Waals surface area contributed by atoms with Gasteiger partial charge in [-0.25, -0.2) is 0 Å². The molecule has 0 aromatic heterocycles. The van der Waals surface area contributed by atoms with E-state index in [9.17, 15) is 9.59 Å². The van der Waals surface area contributed by atoms with Crippen molar-refractivity contribution in [2.45, 2.75) is 51.6 Å². The van der Waals surface area contributed by atoms with E-state index in [0.29, 0.717) is 13.0 Å². The fourth-order valence-corrected chi connectivity index (χ4v) is 2.02. The largest absolute Gasteiger partial charge is 0.355 e. The summed E-state index contributed by atoms with van der Waals surface area (Å²) in [5.41, 5.74) is 0. The number of likely N-dealkylation sites (N-methyl/N-ethyl adjacent to an activating group) is 1. The Bertz CT molecular complexity index is 262. The van der Waals surface area contributed by atoms with Gasteiger partial charge in [-0.05, 0) is 33.2 Å². The lowest BCUT2D eigenvalue weighted by atomic mass is 10.0. The maximum Gasteiger partial charge on any atom is 0.242 e. The molecular formula is C12H23N3O2. The van der Waals surface area contributed by atoms with E-state index >= 15 is 0 Å². The average molecular weight is 241 g/mol. The number of hydrogen-bond donors (Lipinski definition) is 3. The zero-order valence-corrected chi connectivity index (χ0v) is 10.7. The molecule has 17 heavy (non-hydrogen) atoms. The van der Waals surface area contributed by atoms with Crippen LogP contribution in [0.25, 0.3) is 0 Å². The van der Waals surface area contributed by atoms with Crippen molar-refractivity contribution in [3.8, 4) is 0 Å². The van der Waals surface area contributed by atoms with Gasteiger partial charge in [0, 0.05) is 19.0 Å². The van der Waals surface area contributed by atoms with Crippen LogP contribution in [-0.4, -0.2) is 37.0 Å². The highest BCUT2D eigenvalue weighted by molar-refractivity contribution is 5.87. The van der Waals surface area contributed by atoms with Gasteiger partial charge in [0.1, 0.15) is 6.04 Å². The Kier molecular flexibility index (Phi) is 5.97. The normalized spacial score (nSPS) is 21.6. The highest BCUT2D eigenvalue weighted by Crippen LogP contribution is 2.09. The molecule has 0 saturated carbocycles. The van der Waals surface area contributed by atoms with Crippen LogP contribution in [0.1, 0.15) is 39.5 Å². The molecule has 1 aliphatic rings. The average Bonchev–Trinajstić information content (AvgIpc) is 2.30. The Morgan fingerprint density at radius 2 is 2.18 bits per heavy atom. The molecule has 1 rings (SSSR count). The molecule has 5 nitrogen and oxygen atoms in total. The molecule has 3 N–H and O–H groups in total. The molecule has 98 valence electrons. The Morgan fingerprint density at radius 1 is 1.41 bits per heavy atom. The van der Waals surface area contributed by atoms with Gasteiger partial charge in [-0.3, -0.25) is 9.59 Å². The summed E-state index contributed by atoms with van der Waals surface area (Å²) < 4.78 is 0. The quantitative estimate of drug-likeness (QED) is 0.642. The second-order valence-corrected chi connectivity index (χ2v) is 4.53. The van der Waals surface area contributed by atoms with Crippen molar-refractivity contribution in [1.29, 1.82) is 0 Å². The number of hydrogen-bond acceptors (Lipinski definition) is 3. The van der Waals surface area contributed by atoms with Crippen molar-refractivity contribution < 1.29 is 9.59 Å². The van der Waals surface area contributed by atoms with Crippen molar-refractivity contribution in [3.63, 3.8) is 0 Å². The summed E-state index contributed by atoms with van der Waals surface area (Å²) >= 11 is 0. The second-order valence-electron chi connectivity index (χ2n) is 4.53. The van der Waals surface area contributed by atoms with Crippen LogP contribution in [0.15, 0.2) is 0 Å². The Balaban J connectivity index is 2.25. The van der Waals surface area contributed by atoms with E-state index in [-0.39, 0.29) is 17.9 Å². The van der Waals surface area contributed by atoms with Crippen LogP contribution in [0.2, 0.25) is 0 Å². The molecule has 1 fully saturated rings. The zero-order valence-electron chi connectivity index (χ0n) is 10.7. The predicted molar refractivity (Wildman–Crippen MR) is 66.5 cm³/mol. The van der Waals surface area contributed by atoms with Crippen LogP contribution < -0.4 is 16.0 Å². The van der Waals surface area contributed by atoms with Crippen molar-refractivity contribution in [2.24, 2.45) is 0 Å². The van der Waals surface area contributed by atoms with Crippen LogP contribution in [0.4, 0.5) is 0 Å². The molecule has 1 saturated heterocycles. The molecule has 2 unspecified atom stereocenters. The van der Waals surface area contributed by atoms with Crippen molar-refractivity contribution in [2.75, 3.05) is 13.1 Å². The van der Waals surface area contributed by atoms with E-state index < -0.39 is 6.04 Å². The fraction of sp³-hybridized carbons (Fsp3) is 0.833. The van der Waals surface area contributed by atoms with E-state index in [2.05, 4.69) is 16.0 Å². The van der Waals surface area contributed by atoms with Crippen LogP contribution in [0.3, 0.4) is 0 Å². The summed E-state index contributed by atoms with van der Waals surface area (Å²) in [6.45, 7) is 5.14. The molecule has 0 bridgehead atoms. The van der Waals surface area contributed by atoms with Crippen LogP contribution in [0.5, 0.6) is 0 Å². The number of rotatable bonds is 5. The first-order valence-electron chi connectivity index (χ1n) is 6.44. The van der Waals surface area contributed by atoms with Gasteiger partial charge in [-0.1, -0.05) is 6.42 Å².